The van der Waals surface area contributed by atoms with Gasteiger partial charge in [-0.25, -0.2) is 13.6 Å². The van der Waals surface area contributed by atoms with Crippen LogP contribution >= 0.6 is 15.9 Å². The van der Waals surface area contributed by atoms with Crippen LogP contribution < -0.4 is 9.88 Å². The molecule has 0 atom stereocenters. The summed E-state index contributed by atoms with van der Waals surface area (Å²) in [6.07, 6.45) is 0. The maximum atomic E-state index is 11.7. The highest BCUT2D eigenvalue weighted by Gasteiger charge is 2.15. The van der Waals surface area contributed by atoms with E-state index < -0.39 is 10.0 Å². The number of benzene rings is 3. The summed E-state index contributed by atoms with van der Waals surface area (Å²) in [7, 11) is -3.79. The second-order valence-corrected chi connectivity index (χ2v) is 8.66. The molecule has 0 fully saturated rings. The van der Waals surface area contributed by atoms with Gasteiger partial charge in [0, 0.05) is 10.9 Å². The standard InChI is InChI=1S/C20H16BrN3O3S/c21-17-11-18-16(10-19(17)27-12-13-5-2-1-3-6-13)20(24-23-18)14-7-4-8-15(9-14)28(22,25)26/h1-11H,12H2,(H,23,24)(H2,22,25,26). The van der Waals surface area contributed by atoms with Gasteiger partial charge in [0.05, 0.1) is 14.9 Å². The van der Waals surface area contributed by atoms with E-state index in [1.807, 2.05) is 42.5 Å². The highest BCUT2D eigenvalue weighted by molar-refractivity contribution is 9.10. The quantitative estimate of drug-likeness (QED) is 0.468. The summed E-state index contributed by atoms with van der Waals surface area (Å²) >= 11 is 3.53. The maximum Gasteiger partial charge on any atom is 0.238 e. The molecule has 0 aliphatic heterocycles. The fraction of sp³-hybridized carbons (Fsp3) is 0.0500. The van der Waals surface area contributed by atoms with E-state index in [4.69, 9.17) is 9.88 Å². The van der Waals surface area contributed by atoms with Gasteiger partial charge in [-0.3, -0.25) is 5.10 Å². The number of halogens is 1. The fourth-order valence-corrected chi connectivity index (χ4v) is 3.92. The van der Waals surface area contributed by atoms with Crippen molar-refractivity contribution >= 4 is 36.9 Å². The molecule has 0 bridgehead atoms. The number of hydrogen-bond acceptors (Lipinski definition) is 4. The second-order valence-electron chi connectivity index (χ2n) is 6.25. The van der Waals surface area contributed by atoms with Gasteiger partial charge in [0.25, 0.3) is 0 Å². The van der Waals surface area contributed by atoms with Crippen molar-refractivity contribution in [1.29, 1.82) is 0 Å². The van der Waals surface area contributed by atoms with Crippen molar-refractivity contribution in [2.45, 2.75) is 11.5 Å². The van der Waals surface area contributed by atoms with Crippen molar-refractivity contribution < 1.29 is 13.2 Å². The Morgan fingerprint density at radius 3 is 2.57 bits per heavy atom. The molecule has 1 heterocycles. The largest absolute Gasteiger partial charge is 0.488 e. The Bertz CT molecular complexity index is 1250. The van der Waals surface area contributed by atoms with Crippen molar-refractivity contribution in [3.8, 4) is 17.0 Å². The average Bonchev–Trinajstić information content (AvgIpc) is 3.09. The summed E-state index contributed by atoms with van der Waals surface area (Å²) in [5.41, 5.74) is 3.13. The average molecular weight is 458 g/mol. The number of sulfonamides is 1. The number of hydrogen-bond donors (Lipinski definition) is 2. The van der Waals surface area contributed by atoms with E-state index in [0.717, 1.165) is 20.9 Å². The van der Waals surface area contributed by atoms with Crippen molar-refractivity contribution in [3.05, 3.63) is 76.8 Å². The van der Waals surface area contributed by atoms with E-state index in [9.17, 15) is 8.42 Å². The van der Waals surface area contributed by atoms with Gasteiger partial charge in [-0.2, -0.15) is 5.10 Å². The number of primary sulfonamides is 1. The zero-order valence-electron chi connectivity index (χ0n) is 14.6. The third-order valence-electron chi connectivity index (χ3n) is 4.29. The molecule has 3 aromatic carbocycles. The van der Waals surface area contributed by atoms with Gasteiger partial charge < -0.3 is 4.74 Å². The molecule has 0 aliphatic carbocycles. The van der Waals surface area contributed by atoms with Gasteiger partial charge in [-0.1, -0.05) is 42.5 Å². The van der Waals surface area contributed by atoms with Crippen LogP contribution in [0.25, 0.3) is 22.2 Å². The lowest BCUT2D eigenvalue weighted by Crippen LogP contribution is -2.11. The Kier molecular flexibility index (Phi) is 4.92. The van der Waals surface area contributed by atoms with Gasteiger partial charge in [0.1, 0.15) is 18.1 Å². The summed E-state index contributed by atoms with van der Waals surface area (Å²) in [4.78, 5) is 0.0406. The van der Waals surface area contributed by atoms with Gasteiger partial charge >= 0.3 is 0 Å². The lowest BCUT2D eigenvalue weighted by atomic mass is 10.1. The number of nitrogens with one attached hydrogen (secondary N) is 1. The minimum atomic E-state index is -3.79. The third kappa shape index (κ3) is 3.80. The third-order valence-corrected chi connectivity index (χ3v) is 5.82. The summed E-state index contributed by atoms with van der Waals surface area (Å²) in [5.74, 6) is 0.668. The molecule has 0 spiro atoms. The van der Waals surface area contributed by atoms with Crippen LogP contribution in [-0.2, 0) is 16.6 Å². The van der Waals surface area contributed by atoms with Crippen LogP contribution in [0.4, 0.5) is 0 Å². The molecule has 0 saturated heterocycles. The zero-order chi connectivity index (χ0) is 19.7. The Morgan fingerprint density at radius 1 is 1.04 bits per heavy atom. The van der Waals surface area contributed by atoms with Crippen LogP contribution in [-0.4, -0.2) is 18.6 Å². The van der Waals surface area contributed by atoms with Gasteiger partial charge in [-0.05, 0) is 45.8 Å². The first-order valence-electron chi connectivity index (χ1n) is 8.39. The Balaban J connectivity index is 1.73. The predicted molar refractivity (Wildman–Crippen MR) is 111 cm³/mol. The van der Waals surface area contributed by atoms with E-state index in [0.29, 0.717) is 23.6 Å². The molecule has 0 aliphatic rings. The van der Waals surface area contributed by atoms with E-state index >= 15 is 0 Å². The second kappa shape index (κ2) is 7.38. The number of aromatic nitrogens is 2. The van der Waals surface area contributed by atoms with Crippen LogP contribution in [0.3, 0.4) is 0 Å². The molecule has 6 nitrogen and oxygen atoms in total. The highest BCUT2D eigenvalue weighted by Crippen LogP contribution is 2.35. The summed E-state index contributed by atoms with van der Waals surface area (Å²) in [6, 6.07) is 20.0. The van der Waals surface area contributed by atoms with Crippen LogP contribution in [0, 0.1) is 0 Å². The smallest absolute Gasteiger partial charge is 0.238 e. The molecule has 8 heteroatoms. The maximum absolute atomic E-state index is 11.7. The van der Waals surface area contributed by atoms with Crippen molar-refractivity contribution in [3.63, 3.8) is 0 Å². The molecule has 3 N–H and O–H groups in total. The zero-order valence-corrected chi connectivity index (χ0v) is 17.0. The molecule has 0 unspecified atom stereocenters. The summed E-state index contributed by atoms with van der Waals surface area (Å²) in [5, 5.41) is 13.4. The number of nitrogens with zero attached hydrogens (tertiary/aromatic N) is 1. The Morgan fingerprint density at radius 2 is 1.82 bits per heavy atom. The summed E-state index contributed by atoms with van der Waals surface area (Å²) in [6.45, 7) is 0.430. The van der Waals surface area contributed by atoms with E-state index in [2.05, 4.69) is 26.1 Å². The molecule has 0 amide bonds. The first-order chi connectivity index (χ1) is 13.4. The lowest BCUT2D eigenvalue weighted by molar-refractivity contribution is 0.304. The molecule has 142 valence electrons. The SMILES string of the molecule is NS(=O)(=O)c1cccc(-c2n[nH]c3cc(Br)c(OCc4ccccc4)cc23)c1. The number of H-pyrrole nitrogens is 1. The van der Waals surface area contributed by atoms with Gasteiger partial charge in [0.15, 0.2) is 0 Å². The lowest BCUT2D eigenvalue weighted by Gasteiger charge is -2.09. The predicted octanol–water partition coefficient (Wildman–Crippen LogP) is 4.22. The summed E-state index contributed by atoms with van der Waals surface area (Å²) < 4.78 is 30.1. The van der Waals surface area contributed by atoms with Crippen molar-refractivity contribution in [1.82, 2.24) is 10.2 Å². The van der Waals surface area contributed by atoms with Crippen LogP contribution in [0.15, 0.2) is 76.1 Å². The van der Waals surface area contributed by atoms with Gasteiger partial charge in [0.2, 0.25) is 10.0 Å². The molecular weight excluding hydrogens is 442 g/mol. The van der Waals surface area contributed by atoms with Crippen molar-refractivity contribution in [2.75, 3.05) is 0 Å². The Labute approximate surface area is 170 Å². The number of rotatable bonds is 5. The minimum Gasteiger partial charge on any atom is -0.488 e. The molecule has 1 aromatic heterocycles. The first-order valence-corrected chi connectivity index (χ1v) is 10.7. The normalized spacial score (nSPS) is 11.6. The van der Waals surface area contributed by atoms with E-state index in [1.165, 1.54) is 12.1 Å². The molecule has 4 rings (SSSR count). The molecule has 28 heavy (non-hydrogen) atoms. The molecule has 4 aromatic rings. The monoisotopic (exact) mass is 457 g/mol. The van der Waals surface area contributed by atoms with Crippen LogP contribution in [0.1, 0.15) is 5.56 Å². The first kappa shape index (κ1) is 18.7. The van der Waals surface area contributed by atoms with Gasteiger partial charge in [-0.15, -0.1) is 0 Å². The molecule has 0 saturated carbocycles. The van der Waals surface area contributed by atoms with Crippen LogP contribution in [0.5, 0.6) is 5.75 Å². The number of nitrogens with two attached hydrogens (primary N) is 1. The number of ether oxygens (including phenoxy) is 1. The molecular formula is C20H16BrN3O3S. The number of aromatic amines is 1. The Hall–Kier alpha value is -2.68. The van der Waals surface area contributed by atoms with E-state index in [1.54, 1.807) is 12.1 Å². The minimum absolute atomic E-state index is 0.0406. The van der Waals surface area contributed by atoms with Crippen LogP contribution in [0.2, 0.25) is 0 Å². The number of fused-ring (bicyclic) bond motifs is 1. The highest BCUT2D eigenvalue weighted by atomic mass is 79.9. The fourth-order valence-electron chi connectivity index (χ4n) is 2.90. The molecule has 0 radical (unpaired) electrons. The van der Waals surface area contributed by atoms with Crippen molar-refractivity contribution in [2.24, 2.45) is 5.14 Å². The van der Waals surface area contributed by atoms with E-state index in [-0.39, 0.29) is 4.90 Å². The topological polar surface area (TPSA) is 98.1 Å².